The molecule has 1 aliphatic rings. The van der Waals surface area contributed by atoms with E-state index in [9.17, 15) is 0 Å². The molecule has 1 aromatic heterocycles. The highest BCUT2D eigenvalue weighted by Gasteiger charge is 2.22. The van der Waals surface area contributed by atoms with Crippen LogP contribution in [-0.2, 0) is 0 Å². The van der Waals surface area contributed by atoms with Gasteiger partial charge in [0.15, 0.2) is 0 Å². The highest BCUT2D eigenvalue weighted by Crippen LogP contribution is 2.26. The zero-order chi connectivity index (χ0) is 14.1. The molecule has 0 amide bonds. The number of hydrogen-bond donors (Lipinski definition) is 1. The van der Waals surface area contributed by atoms with Gasteiger partial charge in [0.05, 0.1) is 6.04 Å². The van der Waals surface area contributed by atoms with Crippen LogP contribution in [0.5, 0.6) is 0 Å². The van der Waals surface area contributed by atoms with Gasteiger partial charge in [-0.15, -0.1) is 0 Å². The molecule has 0 aliphatic carbocycles. The summed E-state index contributed by atoms with van der Waals surface area (Å²) < 4.78 is 5.62. The van der Waals surface area contributed by atoms with Crippen LogP contribution in [0, 0.1) is 6.92 Å². The summed E-state index contributed by atoms with van der Waals surface area (Å²) in [5.74, 6) is 1.78. The van der Waals surface area contributed by atoms with Crippen molar-refractivity contribution in [2.75, 3.05) is 19.0 Å². The number of anilines is 1. The first-order chi connectivity index (χ1) is 9.63. The van der Waals surface area contributed by atoms with Crippen molar-refractivity contribution in [1.82, 2.24) is 5.43 Å². The van der Waals surface area contributed by atoms with Gasteiger partial charge < -0.3 is 14.7 Å². The lowest BCUT2D eigenvalue weighted by atomic mass is 10.0. The Kier molecular flexibility index (Phi) is 3.22. The summed E-state index contributed by atoms with van der Waals surface area (Å²) in [6.07, 6.45) is 0.855. The standard InChI is InChI=1S/C16H19N3O/c1-11-4-9-16(20-11)15-10-14(17-18-15)12-5-7-13(8-6-12)19(2)3/h4-9,14,17H,10H2,1-3H3. The summed E-state index contributed by atoms with van der Waals surface area (Å²) in [5, 5.41) is 4.40. The van der Waals surface area contributed by atoms with E-state index < -0.39 is 0 Å². The van der Waals surface area contributed by atoms with Gasteiger partial charge in [-0.1, -0.05) is 12.1 Å². The van der Waals surface area contributed by atoms with Gasteiger partial charge in [-0.05, 0) is 36.8 Å². The van der Waals surface area contributed by atoms with Crippen LogP contribution in [0.2, 0.25) is 0 Å². The van der Waals surface area contributed by atoms with E-state index in [-0.39, 0.29) is 6.04 Å². The van der Waals surface area contributed by atoms with E-state index in [0.717, 1.165) is 23.7 Å². The number of hydrazone groups is 1. The first-order valence-electron chi connectivity index (χ1n) is 6.79. The molecule has 0 spiro atoms. The molecule has 0 fully saturated rings. The first-order valence-corrected chi connectivity index (χ1v) is 6.79. The van der Waals surface area contributed by atoms with Crippen LogP contribution in [-0.4, -0.2) is 19.8 Å². The fourth-order valence-corrected chi connectivity index (χ4v) is 2.38. The summed E-state index contributed by atoms with van der Waals surface area (Å²) in [6.45, 7) is 1.95. The van der Waals surface area contributed by atoms with Gasteiger partial charge in [-0.25, -0.2) is 0 Å². The maximum Gasteiger partial charge on any atom is 0.150 e. The minimum atomic E-state index is 0.228. The van der Waals surface area contributed by atoms with Gasteiger partial charge in [0.1, 0.15) is 17.2 Å². The van der Waals surface area contributed by atoms with Crippen molar-refractivity contribution in [3.8, 4) is 0 Å². The topological polar surface area (TPSA) is 40.8 Å². The van der Waals surface area contributed by atoms with Crippen LogP contribution in [0.3, 0.4) is 0 Å². The van der Waals surface area contributed by atoms with Crippen LogP contribution in [0.4, 0.5) is 5.69 Å². The normalized spacial score (nSPS) is 17.8. The molecule has 3 rings (SSSR count). The summed E-state index contributed by atoms with van der Waals surface area (Å²) in [6, 6.07) is 12.7. The van der Waals surface area contributed by atoms with Crippen LogP contribution in [0.25, 0.3) is 0 Å². The van der Waals surface area contributed by atoms with Gasteiger partial charge >= 0.3 is 0 Å². The Morgan fingerprint density at radius 2 is 1.90 bits per heavy atom. The second-order valence-corrected chi connectivity index (χ2v) is 5.34. The Balaban J connectivity index is 1.72. The smallest absolute Gasteiger partial charge is 0.150 e. The van der Waals surface area contributed by atoms with Gasteiger partial charge in [-0.2, -0.15) is 5.10 Å². The number of hydrogen-bond acceptors (Lipinski definition) is 4. The molecule has 0 saturated heterocycles. The van der Waals surface area contributed by atoms with E-state index in [0.29, 0.717) is 0 Å². The van der Waals surface area contributed by atoms with Crippen molar-refractivity contribution in [2.24, 2.45) is 5.10 Å². The van der Waals surface area contributed by atoms with E-state index in [1.54, 1.807) is 0 Å². The maximum absolute atomic E-state index is 5.62. The fourth-order valence-electron chi connectivity index (χ4n) is 2.38. The molecule has 1 N–H and O–H groups in total. The van der Waals surface area contributed by atoms with Gasteiger partial charge in [0, 0.05) is 26.2 Å². The highest BCUT2D eigenvalue weighted by atomic mass is 16.3. The average molecular weight is 269 g/mol. The lowest BCUT2D eigenvalue weighted by Crippen LogP contribution is -2.11. The largest absolute Gasteiger partial charge is 0.460 e. The van der Waals surface area contributed by atoms with Crippen LogP contribution < -0.4 is 10.3 Å². The number of rotatable bonds is 3. The number of nitrogens with zero attached hydrogens (tertiary/aromatic N) is 2. The minimum Gasteiger partial charge on any atom is -0.460 e. The van der Waals surface area contributed by atoms with Crippen molar-refractivity contribution in [3.63, 3.8) is 0 Å². The number of furan rings is 1. The molecule has 2 heterocycles. The monoisotopic (exact) mass is 269 g/mol. The molecule has 1 aliphatic heterocycles. The predicted molar refractivity (Wildman–Crippen MR) is 81.2 cm³/mol. The van der Waals surface area contributed by atoms with Gasteiger partial charge in [0.2, 0.25) is 0 Å². The Bertz CT molecular complexity index is 625. The zero-order valence-corrected chi connectivity index (χ0v) is 12.1. The fraction of sp³-hybridized carbons (Fsp3) is 0.312. The van der Waals surface area contributed by atoms with E-state index in [1.807, 2.05) is 33.2 Å². The van der Waals surface area contributed by atoms with Crippen LogP contribution in [0.15, 0.2) is 45.9 Å². The van der Waals surface area contributed by atoms with Gasteiger partial charge in [-0.3, -0.25) is 0 Å². The zero-order valence-electron chi connectivity index (χ0n) is 12.1. The highest BCUT2D eigenvalue weighted by molar-refractivity contribution is 5.99. The Morgan fingerprint density at radius 3 is 2.50 bits per heavy atom. The Morgan fingerprint density at radius 1 is 1.15 bits per heavy atom. The Hall–Kier alpha value is -2.23. The molecule has 0 radical (unpaired) electrons. The van der Waals surface area contributed by atoms with Crippen LogP contribution >= 0.6 is 0 Å². The molecule has 4 nitrogen and oxygen atoms in total. The second-order valence-electron chi connectivity index (χ2n) is 5.34. The first kappa shape index (κ1) is 12.8. The molecule has 104 valence electrons. The lowest BCUT2D eigenvalue weighted by molar-refractivity contribution is 0.524. The van der Waals surface area contributed by atoms with Crippen molar-refractivity contribution in [1.29, 1.82) is 0 Å². The molecule has 1 aromatic carbocycles. The van der Waals surface area contributed by atoms with Crippen molar-refractivity contribution >= 4 is 11.4 Å². The minimum absolute atomic E-state index is 0.228. The van der Waals surface area contributed by atoms with Crippen molar-refractivity contribution in [3.05, 3.63) is 53.5 Å². The SMILES string of the molecule is Cc1ccc(C2=NNC(c3ccc(N(C)C)cc3)C2)o1. The third-order valence-corrected chi connectivity index (χ3v) is 3.59. The van der Waals surface area contributed by atoms with Gasteiger partial charge in [0.25, 0.3) is 0 Å². The molecule has 0 bridgehead atoms. The number of nitrogens with one attached hydrogen (secondary N) is 1. The van der Waals surface area contributed by atoms with E-state index in [1.165, 1.54) is 11.3 Å². The van der Waals surface area contributed by atoms with Crippen LogP contribution in [0.1, 0.15) is 29.5 Å². The molecule has 4 heteroatoms. The summed E-state index contributed by atoms with van der Waals surface area (Å²) in [7, 11) is 4.09. The molecule has 1 unspecified atom stereocenters. The third-order valence-electron chi connectivity index (χ3n) is 3.59. The molecule has 1 atom stereocenters. The summed E-state index contributed by atoms with van der Waals surface area (Å²) in [4.78, 5) is 2.10. The summed E-state index contributed by atoms with van der Waals surface area (Å²) >= 11 is 0. The van der Waals surface area contributed by atoms with E-state index in [2.05, 4.69) is 39.7 Å². The third kappa shape index (κ3) is 2.41. The molecule has 20 heavy (non-hydrogen) atoms. The lowest BCUT2D eigenvalue weighted by Gasteiger charge is -2.15. The van der Waals surface area contributed by atoms with Crippen molar-refractivity contribution < 1.29 is 4.42 Å². The van der Waals surface area contributed by atoms with E-state index in [4.69, 9.17) is 4.42 Å². The summed E-state index contributed by atoms with van der Waals surface area (Å²) in [5.41, 5.74) is 6.63. The molecule has 2 aromatic rings. The molecular formula is C16H19N3O. The maximum atomic E-state index is 5.62. The predicted octanol–water partition coefficient (Wildman–Crippen LogP) is 3.09. The molecular weight excluding hydrogens is 250 g/mol. The molecule has 0 saturated carbocycles. The average Bonchev–Trinajstić information content (AvgIpc) is 3.07. The second kappa shape index (κ2) is 5.04. The van der Waals surface area contributed by atoms with Crippen molar-refractivity contribution in [2.45, 2.75) is 19.4 Å². The number of benzene rings is 1. The quantitative estimate of drug-likeness (QED) is 0.931. The number of aryl methyl sites for hydroxylation is 1. The van der Waals surface area contributed by atoms with E-state index >= 15 is 0 Å². The Labute approximate surface area is 119 Å².